The first kappa shape index (κ1) is 23.6. The number of aromatic nitrogens is 2. The number of likely N-dealkylation sites (tertiary alicyclic amines) is 1. The largest absolute Gasteiger partial charge is 0.453 e. The molecule has 1 atom stereocenters. The standard InChI is InChI=1S/C28H28N4O4/c1-17-6-3-4-8-21(17)24-15-30-26-22(24)13-19(14-29-26)18-9-10-25(31-28(35)36-2)23(12-18)27(34)32-11-5-7-20(32)16-33/h3-4,6,8-10,12-15,20,33H,5,7,11,16H2,1-2H3,(H,29,30)(H,31,35)/t20-/m0/s1. The fourth-order valence-corrected chi connectivity index (χ4v) is 4.88. The number of fused-ring (bicyclic) bond motifs is 1. The molecule has 8 nitrogen and oxygen atoms in total. The van der Waals surface area contributed by atoms with E-state index in [9.17, 15) is 14.7 Å². The van der Waals surface area contributed by atoms with Gasteiger partial charge in [-0.05, 0) is 54.7 Å². The quantitative estimate of drug-likeness (QED) is 0.370. The van der Waals surface area contributed by atoms with Crippen molar-refractivity contribution < 1.29 is 19.4 Å². The summed E-state index contributed by atoms with van der Waals surface area (Å²) in [6.07, 6.45) is 4.65. The average Bonchev–Trinajstić information content (AvgIpc) is 3.55. The van der Waals surface area contributed by atoms with Crippen LogP contribution in [0.25, 0.3) is 33.3 Å². The average molecular weight is 485 g/mol. The summed E-state index contributed by atoms with van der Waals surface area (Å²) in [6.45, 7) is 2.54. The molecule has 0 unspecified atom stereocenters. The van der Waals surface area contributed by atoms with Crippen molar-refractivity contribution in [1.82, 2.24) is 14.9 Å². The number of nitrogens with one attached hydrogen (secondary N) is 2. The van der Waals surface area contributed by atoms with Crippen LogP contribution in [0.4, 0.5) is 10.5 Å². The molecule has 4 aromatic rings. The molecule has 184 valence electrons. The third kappa shape index (κ3) is 4.31. The van der Waals surface area contributed by atoms with Gasteiger partial charge in [-0.25, -0.2) is 9.78 Å². The molecule has 1 fully saturated rings. The van der Waals surface area contributed by atoms with E-state index in [4.69, 9.17) is 4.74 Å². The van der Waals surface area contributed by atoms with Crippen molar-refractivity contribution in [2.45, 2.75) is 25.8 Å². The molecule has 2 amide bonds. The highest BCUT2D eigenvalue weighted by Crippen LogP contribution is 2.34. The van der Waals surface area contributed by atoms with Gasteiger partial charge in [0.25, 0.3) is 5.91 Å². The molecule has 1 aliphatic heterocycles. The summed E-state index contributed by atoms with van der Waals surface area (Å²) in [4.78, 5) is 35.0. The number of nitrogens with zero attached hydrogens (tertiary/aromatic N) is 2. The number of hydrogen-bond acceptors (Lipinski definition) is 5. The van der Waals surface area contributed by atoms with Crippen LogP contribution in [0.1, 0.15) is 28.8 Å². The Morgan fingerprint density at radius 3 is 2.78 bits per heavy atom. The molecule has 8 heteroatoms. The predicted octanol–water partition coefficient (Wildman–Crippen LogP) is 4.98. The van der Waals surface area contributed by atoms with E-state index in [0.717, 1.165) is 46.1 Å². The van der Waals surface area contributed by atoms with E-state index in [0.29, 0.717) is 17.8 Å². The van der Waals surface area contributed by atoms with Crippen LogP contribution in [0.3, 0.4) is 0 Å². The summed E-state index contributed by atoms with van der Waals surface area (Å²) >= 11 is 0. The molecule has 5 rings (SSSR count). The lowest BCUT2D eigenvalue weighted by Gasteiger charge is -2.24. The third-order valence-corrected chi connectivity index (χ3v) is 6.82. The van der Waals surface area contributed by atoms with Crippen LogP contribution >= 0.6 is 0 Å². The van der Waals surface area contributed by atoms with Crippen molar-refractivity contribution in [3.8, 4) is 22.3 Å². The van der Waals surface area contributed by atoms with Gasteiger partial charge in [-0.1, -0.05) is 30.3 Å². The summed E-state index contributed by atoms with van der Waals surface area (Å²) in [5, 5.41) is 13.4. The van der Waals surface area contributed by atoms with E-state index >= 15 is 0 Å². The first-order chi connectivity index (χ1) is 17.5. The number of aliphatic hydroxyl groups is 1. The van der Waals surface area contributed by atoms with Gasteiger partial charge in [0.05, 0.1) is 31.0 Å². The Labute approximate surface area is 208 Å². The summed E-state index contributed by atoms with van der Waals surface area (Å²) in [5.41, 5.74) is 6.46. The number of anilines is 1. The van der Waals surface area contributed by atoms with Gasteiger partial charge < -0.3 is 19.7 Å². The normalized spacial score (nSPS) is 15.3. The number of amides is 2. The lowest BCUT2D eigenvalue weighted by Crippen LogP contribution is -2.38. The van der Waals surface area contributed by atoms with Crippen molar-refractivity contribution in [2.75, 3.05) is 25.6 Å². The first-order valence-corrected chi connectivity index (χ1v) is 11.9. The molecular weight excluding hydrogens is 456 g/mol. The smallest absolute Gasteiger partial charge is 0.411 e. The monoisotopic (exact) mass is 484 g/mol. The van der Waals surface area contributed by atoms with Crippen LogP contribution < -0.4 is 5.32 Å². The fraction of sp³-hybridized carbons (Fsp3) is 0.250. The number of pyridine rings is 1. The van der Waals surface area contributed by atoms with Crippen LogP contribution in [0.5, 0.6) is 0 Å². The molecule has 0 aliphatic carbocycles. The molecule has 1 saturated heterocycles. The van der Waals surface area contributed by atoms with Crippen LogP contribution in [0.15, 0.2) is 60.9 Å². The summed E-state index contributed by atoms with van der Waals surface area (Å²) in [6, 6.07) is 15.3. The van der Waals surface area contributed by atoms with Crippen molar-refractivity contribution >= 4 is 28.7 Å². The number of rotatable bonds is 5. The second kappa shape index (κ2) is 9.83. The number of aliphatic hydroxyl groups excluding tert-OH is 1. The van der Waals surface area contributed by atoms with Crippen LogP contribution in [0, 0.1) is 6.92 Å². The molecule has 0 radical (unpaired) electrons. The zero-order valence-corrected chi connectivity index (χ0v) is 20.2. The van der Waals surface area contributed by atoms with Crippen LogP contribution in [-0.2, 0) is 4.74 Å². The Balaban J connectivity index is 1.59. The molecular formula is C28H28N4O4. The van der Waals surface area contributed by atoms with E-state index in [1.54, 1.807) is 23.2 Å². The number of methoxy groups -OCH3 is 1. The minimum atomic E-state index is -0.657. The summed E-state index contributed by atoms with van der Waals surface area (Å²) in [5.74, 6) is -0.240. The number of benzene rings is 2. The van der Waals surface area contributed by atoms with Crippen LogP contribution in [0.2, 0.25) is 0 Å². The number of carbonyl (C=O) groups excluding carboxylic acids is 2. The third-order valence-electron chi connectivity index (χ3n) is 6.82. The number of carbonyl (C=O) groups is 2. The second-order valence-electron chi connectivity index (χ2n) is 8.99. The number of H-pyrrole nitrogens is 1. The summed E-state index contributed by atoms with van der Waals surface area (Å²) in [7, 11) is 1.28. The van der Waals surface area contributed by atoms with E-state index < -0.39 is 6.09 Å². The zero-order chi connectivity index (χ0) is 25.2. The van der Waals surface area contributed by atoms with Gasteiger partial charge in [0.15, 0.2) is 0 Å². The highest BCUT2D eigenvalue weighted by molar-refractivity contribution is 6.04. The van der Waals surface area contributed by atoms with Gasteiger partial charge in [-0.2, -0.15) is 0 Å². The minimum Gasteiger partial charge on any atom is -0.453 e. The molecule has 1 aliphatic rings. The molecule has 36 heavy (non-hydrogen) atoms. The van der Waals surface area contributed by atoms with E-state index in [2.05, 4.69) is 40.4 Å². The fourth-order valence-electron chi connectivity index (χ4n) is 4.88. The zero-order valence-electron chi connectivity index (χ0n) is 20.2. The SMILES string of the molecule is COC(=O)Nc1ccc(-c2cnc3[nH]cc(-c4ccccc4C)c3c2)cc1C(=O)N1CCC[C@H]1CO. The van der Waals surface area contributed by atoms with Gasteiger partial charge in [0.1, 0.15) is 5.65 Å². The molecule has 2 aromatic carbocycles. The van der Waals surface area contributed by atoms with Gasteiger partial charge in [0, 0.05) is 35.5 Å². The molecule has 2 aromatic heterocycles. The Bertz CT molecular complexity index is 1440. The first-order valence-electron chi connectivity index (χ1n) is 11.9. The molecule has 0 spiro atoms. The molecule has 0 saturated carbocycles. The maximum atomic E-state index is 13.5. The second-order valence-corrected chi connectivity index (χ2v) is 8.99. The number of aromatic amines is 1. The maximum absolute atomic E-state index is 13.5. The Kier molecular flexibility index (Phi) is 6.43. The van der Waals surface area contributed by atoms with Crippen molar-refractivity contribution in [3.63, 3.8) is 0 Å². The van der Waals surface area contributed by atoms with Gasteiger partial charge in [-0.3, -0.25) is 10.1 Å². The van der Waals surface area contributed by atoms with Gasteiger partial charge in [-0.15, -0.1) is 0 Å². The van der Waals surface area contributed by atoms with Crippen molar-refractivity contribution in [2.24, 2.45) is 0 Å². The van der Waals surface area contributed by atoms with Gasteiger partial charge >= 0.3 is 6.09 Å². The lowest BCUT2D eigenvalue weighted by atomic mass is 9.98. The summed E-state index contributed by atoms with van der Waals surface area (Å²) < 4.78 is 4.75. The highest BCUT2D eigenvalue weighted by Gasteiger charge is 2.30. The van der Waals surface area contributed by atoms with E-state index in [1.807, 2.05) is 24.4 Å². The predicted molar refractivity (Wildman–Crippen MR) is 139 cm³/mol. The Morgan fingerprint density at radius 1 is 1.17 bits per heavy atom. The van der Waals surface area contributed by atoms with E-state index in [1.165, 1.54) is 12.7 Å². The molecule has 3 heterocycles. The number of hydrogen-bond donors (Lipinski definition) is 3. The topological polar surface area (TPSA) is 108 Å². The Morgan fingerprint density at radius 2 is 2.00 bits per heavy atom. The molecule has 3 N–H and O–H groups in total. The Hall–Kier alpha value is -4.17. The minimum absolute atomic E-state index is 0.0963. The maximum Gasteiger partial charge on any atom is 0.411 e. The number of ether oxygens (including phenoxy) is 1. The number of aryl methyl sites for hydroxylation is 1. The molecule has 0 bridgehead atoms. The lowest BCUT2D eigenvalue weighted by molar-refractivity contribution is 0.0678. The van der Waals surface area contributed by atoms with E-state index in [-0.39, 0.29) is 18.6 Å². The van der Waals surface area contributed by atoms with Crippen LogP contribution in [-0.4, -0.2) is 58.3 Å². The van der Waals surface area contributed by atoms with Crippen molar-refractivity contribution in [3.05, 3.63) is 72.1 Å². The van der Waals surface area contributed by atoms with Crippen molar-refractivity contribution in [1.29, 1.82) is 0 Å². The highest BCUT2D eigenvalue weighted by atomic mass is 16.5. The van der Waals surface area contributed by atoms with Gasteiger partial charge in [0.2, 0.25) is 0 Å².